The van der Waals surface area contributed by atoms with Crippen LogP contribution in [0.3, 0.4) is 0 Å². The Hall–Kier alpha value is 0.210. The molecule has 0 rings (SSSR count). The Labute approximate surface area is 54.4 Å². The molecule has 1 N–H and O–H groups in total. The molecule has 0 aliphatic heterocycles. The predicted octanol–water partition coefficient (Wildman–Crippen LogP) is 0.970. The highest BCUT2D eigenvalue weighted by Gasteiger charge is 2.10. The maximum atomic E-state index is 8.87. The molecule has 0 saturated carbocycles. The molecule has 0 aromatic carbocycles. The molecule has 3 heteroatoms. The first-order valence-electron chi connectivity index (χ1n) is 2.48. The molecule has 0 aliphatic carbocycles. The van der Waals surface area contributed by atoms with Crippen LogP contribution in [-0.2, 0) is 4.74 Å². The van der Waals surface area contributed by atoms with Crippen LogP contribution >= 0.6 is 11.6 Å². The second kappa shape index (κ2) is 3.28. The summed E-state index contributed by atoms with van der Waals surface area (Å²) in [5.74, 6) is -0.612. The average molecular weight is 139 g/mol. The monoisotopic (exact) mass is 138 g/mol. The molecule has 50 valence electrons. The number of halogens is 1. The van der Waals surface area contributed by atoms with Gasteiger partial charge in [0, 0.05) is 5.88 Å². The quantitative estimate of drug-likeness (QED) is 0.465. The van der Waals surface area contributed by atoms with E-state index in [0.29, 0.717) is 12.5 Å². The fraction of sp³-hybridized carbons (Fsp3) is 1.00. The van der Waals surface area contributed by atoms with Crippen molar-refractivity contribution in [1.82, 2.24) is 0 Å². The lowest BCUT2D eigenvalue weighted by atomic mass is 10.4. The maximum absolute atomic E-state index is 8.87. The van der Waals surface area contributed by atoms with E-state index in [1.807, 2.05) is 0 Å². The van der Waals surface area contributed by atoms with Gasteiger partial charge in [-0.1, -0.05) is 0 Å². The van der Waals surface area contributed by atoms with Gasteiger partial charge in [0.25, 0.3) is 0 Å². The van der Waals surface area contributed by atoms with Crippen molar-refractivity contribution in [1.29, 1.82) is 0 Å². The zero-order valence-electron chi connectivity index (χ0n) is 5.15. The summed E-state index contributed by atoms with van der Waals surface area (Å²) in [5, 5.41) is 8.87. The van der Waals surface area contributed by atoms with Gasteiger partial charge in [-0.3, -0.25) is 0 Å². The van der Waals surface area contributed by atoms with Crippen LogP contribution in [0.25, 0.3) is 0 Å². The largest absolute Gasteiger partial charge is 0.366 e. The second-order valence-corrected chi connectivity index (χ2v) is 2.36. The van der Waals surface area contributed by atoms with E-state index < -0.39 is 5.79 Å². The summed E-state index contributed by atoms with van der Waals surface area (Å²) in [5.41, 5.74) is 0. The fourth-order valence-corrected chi connectivity index (χ4v) is 0.365. The molecule has 0 aliphatic rings. The lowest BCUT2D eigenvalue weighted by Gasteiger charge is -2.16. The van der Waals surface area contributed by atoms with E-state index in [-0.39, 0.29) is 0 Å². The fourth-order valence-electron chi connectivity index (χ4n) is 0.288. The zero-order chi connectivity index (χ0) is 6.62. The van der Waals surface area contributed by atoms with Crippen molar-refractivity contribution >= 4 is 11.6 Å². The van der Waals surface area contributed by atoms with Gasteiger partial charge in [0.15, 0.2) is 5.79 Å². The first kappa shape index (κ1) is 8.21. The molecule has 0 aromatic rings. The first-order chi connectivity index (χ1) is 3.56. The minimum Gasteiger partial charge on any atom is -0.366 e. The van der Waals surface area contributed by atoms with E-state index >= 15 is 0 Å². The summed E-state index contributed by atoms with van der Waals surface area (Å²) in [4.78, 5) is 0. The molecule has 0 heterocycles. The molecule has 0 spiro atoms. The molecule has 0 unspecified atom stereocenters. The molecule has 0 bridgehead atoms. The minimum absolute atomic E-state index is 0.394. The molecular weight excluding hydrogens is 128 g/mol. The van der Waals surface area contributed by atoms with Gasteiger partial charge < -0.3 is 9.84 Å². The van der Waals surface area contributed by atoms with Crippen LogP contribution in [0.2, 0.25) is 0 Å². The van der Waals surface area contributed by atoms with E-state index in [0.717, 1.165) is 0 Å². The molecule has 0 atom stereocenters. The van der Waals surface area contributed by atoms with Crippen molar-refractivity contribution < 1.29 is 9.84 Å². The predicted molar refractivity (Wildman–Crippen MR) is 33.0 cm³/mol. The van der Waals surface area contributed by atoms with Crippen molar-refractivity contribution in [2.24, 2.45) is 0 Å². The third-order valence-electron chi connectivity index (χ3n) is 0.532. The first-order valence-corrected chi connectivity index (χ1v) is 3.02. The van der Waals surface area contributed by atoms with E-state index in [1.165, 1.54) is 0 Å². The van der Waals surface area contributed by atoms with Crippen LogP contribution in [0.5, 0.6) is 0 Å². The Morgan fingerprint density at radius 2 is 2.12 bits per heavy atom. The normalized spacial score (nSPS) is 12.0. The Morgan fingerprint density at radius 1 is 1.62 bits per heavy atom. The van der Waals surface area contributed by atoms with E-state index in [9.17, 15) is 0 Å². The Kier molecular flexibility index (Phi) is 3.36. The van der Waals surface area contributed by atoms with Crippen molar-refractivity contribution in [3.8, 4) is 0 Å². The summed E-state index contributed by atoms with van der Waals surface area (Å²) in [7, 11) is 0. The van der Waals surface area contributed by atoms with Gasteiger partial charge in [0.05, 0.1) is 6.61 Å². The Morgan fingerprint density at radius 3 is 2.25 bits per heavy atom. The van der Waals surface area contributed by atoms with Crippen molar-refractivity contribution in [3.63, 3.8) is 0 Å². The SMILES string of the molecule is CC(C)(O)OCCCl. The molecular formula is C5H11ClO2. The lowest BCUT2D eigenvalue weighted by Crippen LogP contribution is -2.24. The van der Waals surface area contributed by atoms with E-state index in [1.54, 1.807) is 13.8 Å². The molecule has 0 radical (unpaired) electrons. The molecule has 0 saturated heterocycles. The van der Waals surface area contributed by atoms with Gasteiger partial charge in [-0.2, -0.15) is 0 Å². The van der Waals surface area contributed by atoms with Crippen LogP contribution in [0.1, 0.15) is 13.8 Å². The lowest BCUT2D eigenvalue weighted by molar-refractivity contribution is -0.171. The van der Waals surface area contributed by atoms with Crippen molar-refractivity contribution in [2.75, 3.05) is 12.5 Å². The Bertz CT molecular complexity index is 57.9. The van der Waals surface area contributed by atoms with Gasteiger partial charge in [-0.05, 0) is 13.8 Å². The maximum Gasteiger partial charge on any atom is 0.159 e. The summed E-state index contributed by atoms with van der Waals surface area (Å²) in [6.45, 7) is 3.53. The number of alkyl halides is 1. The van der Waals surface area contributed by atoms with Crippen molar-refractivity contribution in [2.45, 2.75) is 19.6 Å². The summed E-state index contributed by atoms with van der Waals surface area (Å²) >= 11 is 5.27. The van der Waals surface area contributed by atoms with E-state index in [2.05, 4.69) is 0 Å². The minimum atomic E-state index is -1.03. The van der Waals surface area contributed by atoms with Gasteiger partial charge in [0.2, 0.25) is 0 Å². The third-order valence-corrected chi connectivity index (χ3v) is 0.687. The molecule has 2 nitrogen and oxygen atoms in total. The summed E-state index contributed by atoms with van der Waals surface area (Å²) in [6, 6.07) is 0. The smallest absolute Gasteiger partial charge is 0.159 e. The molecule has 0 fully saturated rings. The molecule has 0 aromatic heterocycles. The highest BCUT2D eigenvalue weighted by Crippen LogP contribution is 2.01. The average Bonchev–Trinajstić information content (AvgIpc) is 1.59. The Balaban J connectivity index is 3.11. The summed E-state index contributed by atoms with van der Waals surface area (Å²) < 4.78 is 4.80. The van der Waals surface area contributed by atoms with Crippen molar-refractivity contribution in [3.05, 3.63) is 0 Å². The number of ether oxygens (including phenoxy) is 1. The van der Waals surface area contributed by atoms with Crippen LogP contribution in [-0.4, -0.2) is 23.4 Å². The number of aliphatic hydroxyl groups is 1. The second-order valence-electron chi connectivity index (χ2n) is 1.98. The topological polar surface area (TPSA) is 29.5 Å². The number of hydrogen-bond acceptors (Lipinski definition) is 2. The van der Waals surface area contributed by atoms with Gasteiger partial charge in [-0.15, -0.1) is 11.6 Å². The number of rotatable bonds is 3. The molecule has 0 amide bonds. The third kappa shape index (κ3) is 6.21. The van der Waals surface area contributed by atoms with Gasteiger partial charge >= 0.3 is 0 Å². The van der Waals surface area contributed by atoms with Crippen LogP contribution < -0.4 is 0 Å². The highest BCUT2D eigenvalue weighted by molar-refractivity contribution is 6.17. The van der Waals surface area contributed by atoms with Crippen LogP contribution in [0, 0.1) is 0 Å². The number of hydrogen-bond donors (Lipinski definition) is 1. The zero-order valence-corrected chi connectivity index (χ0v) is 5.90. The van der Waals surface area contributed by atoms with Crippen LogP contribution in [0.15, 0.2) is 0 Å². The summed E-state index contributed by atoms with van der Waals surface area (Å²) in [6.07, 6.45) is 0. The highest BCUT2D eigenvalue weighted by atomic mass is 35.5. The molecule has 8 heavy (non-hydrogen) atoms. The van der Waals surface area contributed by atoms with E-state index in [4.69, 9.17) is 21.4 Å². The standard InChI is InChI=1S/C5H11ClO2/c1-5(2,7)8-4-3-6/h7H,3-4H2,1-2H3. The van der Waals surface area contributed by atoms with Gasteiger partial charge in [-0.25, -0.2) is 0 Å². The van der Waals surface area contributed by atoms with Gasteiger partial charge in [0.1, 0.15) is 0 Å². The van der Waals surface area contributed by atoms with Crippen LogP contribution in [0.4, 0.5) is 0 Å².